The highest BCUT2D eigenvalue weighted by Crippen LogP contribution is 2.35. The van der Waals surface area contributed by atoms with Crippen LogP contribution in [0.15, 0.2) is 53.1 Å². The van der Waals surface area contributed by atoms with Crippen LogP contribution in [-0.4, -0.2) is 53.6 Å². The molecule has 3 atom stereocenters. The molecule has 1 saturated heterocycles. The summed E-state index contributed by atoms with van der Waals surface area (Å²) in [6, 6.07) is 12.2. The molecule has 9 nitrogen and oxygen atoms in total. The average Bonchev–Trinajstić information content (AvgIpc) is 3.56. The maximum Gasteiger partial charge on any atom is 0.328 e. The number of imidazole rings is 1. The van der Waals surface area contributed by atoms with E-state index >= 15 is 0 Å². The number of hydrogen-bond donors (Lipinski definition) is 1. The summed E-state index contributed by atoms with van der Waals surface area (Å²) in [4.78, 5) is 30.6. The molecule has 2 heterocycles. The molecule has 1 fully saturated rings. The molecule has 1 amide bonds. The first-order valence-electron chi connectivity index (χ1n) is 13.4. The molecular formula is C29H32BrClFN3O6. The highest BCUT2D eigenvalue weighted by molar-refractivity contribution is 9.10. The molecule has 1 N–H and O–H groups in total. The fourth-order valence-electron chi connectivity index (χ4n) is 4.42. The van der Waals surface area contributed by atoms with Crippen molar-refractivity contribution in [1.82, 2.24) is 14.9 Å². The summed E-state index contributed by atoms with van der Waals surface area (Å²) < 4.78 is 38.6. The zero-order valence-electron chi connectivity index (χ0n) is 22.8. The lowest BCUT2D eigenvalue weighted by molar-refractivity contribution is -0.147. The van der Waals surface area contributed by atoms with Gasteiger partial charge in [0.05, 0.1) is 31.4 Å². The van der Waals surface area contributed by atoms with Crippen molar-refractivity contribution in [1.29, 1.82) is 0 Å². The van der Waals surface area contributed by atoms with Gasteiger partial charge in [-0.1, -0.05) is 29.8 Å². The van der Waals surface area contributed by atoms with E-state index in [-0.39, 0.29) is 44.2 Å². The van der Waals surface area contributed by atoms with Crippen LogP contribution in [-0.2, 0) is 30.3 Å². The maximum atomic E-state index is 13.9. The first-order valence-corrected chi connectivity index (χ1v) is 14.6. The summed E-state index contributed by atoms with van der Waals surface area (Å²) in [5.41, 5.74) is 1.36. The topological polar surface area (TPSA) is 101 Å². The Labute approximate surface area is 251 Å². The number of carbonyl (C=O) groups excluding carboxylic acids is 2. The molecule has 220 valence electrons. The largest absolute Gasteiger partial charge is 0.464 e. The van der Waals surface area contributed by atoms with E-state index < -0.39 is 29.7 Å². The van der Waals surface area contributed by atoms with Gasteiger partial charge in [-0.2, -0.15) is 4.98 Å². The second-order valence-electron chi connectivity index (χ2n) is 9.48. The number of nitrogens with zero attached hydrogens (tertiary/aromatic N) is 2. The van der Waals surface area contributed by atoms with E-state index in [1.807, 2.05) is 12.1 Å². The number of amides is 1. The van der Waals surface area contributed by atoms with E-state index in [4.69, 9.17) is 30.5 Å². The molecular weight excluding hydrogens is 621 g/mol. The van der Waals surface area contributed by atoms with Crippen LogP contribution in [0.4, 0.5) is 4.39 Å². The number of nitrogens with one attached hydrogen (secondary N) is 1. The van der Waals surface area contributed by atoms with Gasteiger partial charge in [-0.05, 0) is 72.4 Å². The van der Waals surface area contributed by atoms with Gasteiger partial charge < -0.3 is 24.3 Å². The molecule has 0 spiro atoms. The summed E-state index contributed by atoms with van der Waals surface area (Å²) >= 11 is 9.62. The summed E-state index contributed by atoms with van der Waals surface area (Å²) in [5.74, 6) is -2.00. The van der Waals surface area contributed by atoms with Crippen LogP contribution >= 0.6 is 27.5 Å². The molecule has 12 heteroatoms. The Kier molecular flexibility index (Phi) is 11.1. The van der Waals surface area contributed by atoms with Gasteiger partial charge in [0.15, 0.2) is 6.29 Å². The summed E-state index contributed by atoms with van der Waals surface area (Å²) in [7, 11) is 0. The van der Waals surface area contributed by atoms with Gasteiger partial charge in [-0.3, -0.25) is 9.36 Å². The van der Waals surface area contributed by atoms with Crippen LogP contribution in [0.3, 0.4) is 0 Å². The maximum absolute atomic E-state index is 13.9. The molecule has 0 radical (unpaired) electrons. The van der Waals surface area contributed by atoms with Crippen molar-refractivity contribution in [3.8, 4) is 11.8 Å². The Hall–Kier alpha value is -2.99. The smallest absolute Gasteiger partial charge is 0.328 e. The van der Waals surface area contributed by atoms with Crippen molar-refractivity contribution in [3.05, 3.63) is 75.2 Å². The standard InChI is InChI=1S/C29H32BrClFN3O6/c1-3-38-28(37)18(2)33-27(36)23(13-15-40-24-8-5-14-39-24)25-26(30)34-29(41-22-7-4-6-21(32)16-22)35(25)17-19-9-11-20(31)12-10-19/h4,6-7,9-12,16,18,23-24H,3,5,8,13-15,17H2,1-2H3,(H,33,36). The van der Waals surface area contributed by atoms with Gasteiger partial charge in [0.2, 0.25) is 5.91 Å². The van der Waals surface area contributed by atoms with E-state index in [0.717, 1.165) is 18.4 Å². The average molecular weight is 653 g/mol. The third kappa shape index (κ3) is 8.51. The van der Waals surface area contributed by atoms with Crippen molar-refractivity contribution in [2.24, 2.45) is 0 Å². The molecule has 41 heavy (non-hydrogen) atoms. The lowest BCUT2D eigenvalue weighted by atomic mass is 10.00. The molecule has 3 aromatic rings. The lowest BCUT2D eigenvalue weighted by Crippen LogP contribution is -2.42. The Morgan fingerprint density at radius 3 is 2.73 bits per heavy atom. The molecule has 3 unspecified atom stereocenters. The van der Waals surface area contributed by atoms with Gasteiger partial charge >= 0.3 is 12.0 Å². The second-order valence-corrected chi connectivity index (χ2v) is 10.7. The Morgan fingerprint density at radius 1 is 1.27 bits per heavy atom. The molecule has 0 bridgehead atoms. The monoisotopic (exact) mass is 651 g/mol. The van der Waals surface area contributed by atoms with Crippen LogP contribution in [0.1, 0.15) is 50.3 Å². The number of rotatable bonds is 13. The number of carbonyl (C=O) groups is 2. The molecule has 1 aliphatic heterocycles. The minimum Gasteiger partial charge on any atom is -0.464 e. The molecule has 0 saturated carbocycles. The number of ether oxygens (including phenoxy) is 4. The van der Waals surface area contributed by atoms with Crippen LogP contribution < -0.4 is 10.1 Å². The summed E-state index contributed by atoms with van der Waals surface area (Å²) in [5, 5.41) is 3.34. The number of esters is 1. The molecule has 2 aromatic carbocycles. The van der Waals surface area contributed by atoms with Gasteiger partial charge in [0.25, 0.3) is 0 Å². The zero-order valence-corrected chi connectivity index (χ0v) is 25.1. The second kappa shape index (κ2) is 14.8. The van der Waals surface area contributed by atoms with Crippen molar-refractivity contribution in [3.63, 3.8) is 0 Å². The number of benzene rings is 2. The zero-order chi connectivity index (χ0) is 29.4. The highest BCUT2D eigenvalue weighted by Gasteiger charge is 2.32. The lowest BCUT2D eigenvalue weighted by Gasteiger charge is -2.22. The molecule has 1 aromatic heterocycles. The van der Waals surface area contributed by atoms with E-state index in [0.29, 0.717) is 21.9 Å². The van der Waals surface area contributed by atoms with Crippen LogP contribution in [0.2, 0.25) is 5.02 Å². The van der Waals surface area contributed by atoms with Crippen molar-refractivity contribution >= 4 is 39.4 Å². The highest BCUT2D eigenvalue weighted by atomic mass is 79.9. The van der Waals surface area contributed by atoms with Gasteiger partial charge in [-0.15, -0.1) is 0 Å². The number of halogens is 3. The van der Waals surface area contributed by atoms with Gasteiger partial charge in [0.1, 0.15) is 22.2 Å². The predicted molar refractivity (Wildman–Crippen MR) is 153 cm³/mol. The van der Waals surface area contributed by atoms with E-state index in [9.17, 15) is 14.0 Å². The van der Waals surface area contributed by atoms with Crippen molar-refractivity contribution in [2.45, 2.75) is 57.9 Å². The first kappa shape index (κ1) is 31.0. The third-order valence-corrected chi connectivity index (χ3v) is 7.27. The SMILES string of the molecule is CCOC(=O)C(C)NC(=O)C(CCOC1CCCO1)c1c(Br)nc(Oc2cccc(F)c2)n1Cc1ccc(Cl)cc1. The fourth-order valence-corrected chi connectivity index (χ4v) is 5.18. The van der Waals surface area contributed by atoms with Crippen molar-refractivity contribution in [2.75, 3.05) is 19.8 Å². The van der Waals surface area contributed by atoms with E-state index in [2.05, 4.69) is 26.2 Å². The number of aromatic nitrogens is 2. The Morgan fingerprint density at radius 2 is 2.05 bits per heavy atom. The number of hydrogen-bond acceptors (Lipinski definition) is 7. The van der Waals surface area contributed by atoms with Crippen LogP contribution in [0.5, 0.6) is 11.8 Å². The van der Waals surface area contributed by atoms with E-state index in [1.54, 1.807) is 36.6 Å². The van der Waals surface area contributed by atoms with Crippen LogP contribution in [0.25, 0.3) is 0 Å². The minimum atomic E-state index is -0.876. The third-order valence-electron chi connectivity index (χ3n) is 6.43. The molecule has 1 aliphatic rings. The van der Waals surface area contributed by atoms with Gasteiger partial charge in [0, 0.05) is 24.1 Å². The van der Waals surface area contributed by atoms with Crippen molar-refractivity contribution < 1.29 is 32.9 Å². The first-order chi connectivity index (χ1) is 19.7. The quantitative estimate of drug-likeness (QED) is 0.227. The molecule has 4 rings (SSSR count). The molecule has 0 aliphatic carbocycles. The predicted octanol–water partition coefficient (Wildman–Crippen LogP) is 5.97. The summed E-state index contributed by atoms with van der Waals surface area (Å²) in [6.07, 6.45) is 1.62. The summed E-state index contributed by atoms with van der Waals surface area (Å²) in [6.45, 7) is 4.57. The Bertz CT molecular complexity index is 1330. The fraction of sp³-hybridized carbons (Fsp3) is 0.414. The Balaban J connectivity index is 1.70. The minimum absolute atomic E-state index is 0.142. The normalized spacial score (nSPS) is 16.3. The van der Waals surface area contributed by atoms with Crippen LogP contribution in [0, 0.1) is 5.82 Å². The van der Waals surface area contributed by atoms with Gasteiger partial charge in [-0.25, -0.2) is 9.18 Å². The van der Waals surface area contributed by atoms with E-state index in [1.165, 1.54) is 18.2 Å².